The van der Waals surface area contributed by atoms with Gasteiger partial charge in [0, 0.05) is 0 Å². The van der Waals surface area contributed by atoms with Crippen molar-refractivity contribution in [2.24, 2.45) is 0 Å². The number of rotatable bonds is 4. The van der Waals surface area contributed by atoms with Gasteiger partial charge in [0.15, 0.2) is 0 Å². The normalized spacial score (nSPS) is 11.2. The quantitative estimate of drug-likeness (QED) is 0.827. The first kappa shape index (κ1) is 13.2. The third-order valence-corrected chi connectivity index (χ3v) is 2.65. The van der Waals surface area contributed by atoms with Gasteiger partial charge in [-0.25, -0.2) is 4.79 Å². The molecule has 16 heavy (non-hydrogen) atoms. The number of halogens is 1. The predicted octanol–water partition coefficient (Wildman–Crippen LogP) is 2.14. The number of ether oxygens (including phenoxy) is 1. The van der Waals surface area contributed by atoms with Crippen LogP contribution in [0.25, 0.3) is 0 Å². The topological polar surface area (TPSA) is 66.8 Å². The van der Waals surface area contributed by atoms with Gasteiger partial charge in [-0.2, -0.15) is 0 Å². The van der Waals surface area contributed by atoms with Crippen molar-refractivity contribution < 1.29 is 19.7 Å². The molecule has 0 aliphatic heterocycles. The number of aromatic carboxylic acids is 1. The monoisotopic (exact) mass is 336 g/mol. The van der Waals surface area contributed by atoms with Crippen LogP contribution in [-0.4, -0.2) is 28.4 Å². The molecule has 0 aliphatic rings. The molecule has 0 saturated carbocycles. The summed E-state index contributed by atoms with van der Waals surface area (Å²) in [6, 6.07) is 4.64. The fourth-order valence-corrected chi connectivity index (χ4v) is 1.49. The molecule has 1 aromatic rings. The predicted molar refractivity (Wildman–Crippen MR) is 67.9 cm³/mol. The van der Waals surface area contributed by atoms with Crippen molar-refractivity contribution in [1.82, 2.24) is 0 Å². The van der Waals surface area contributed by atoms with Crippen LogP contribution in [0.15, 0.2) is 18.2 Å². The standard InChI is InChI=1S/C11H13IO4/c1-11(2,15)6-16-9-5-7(10(13)14)3-4-8(9)12/h3-5,15H,6H2,1-2H3,(H,13,14). The van der Waals surface area contributed by atoms with Gasteiger partial charge in [0.05, 0.1) is 14.7 Å². The Morgan fingerprint density at radius 3 is 2.62 bits per heavy atom. The van der Waals surface area contributed by atoms with Crippen molar-refractivity contribution >= 4 is 28.6 Å². The third-order valence-electron chi connectivity index (χ3n) is 1.76. The van der Waals surface area contributed by atoms with E-state index in [9.17, 15) is 9.90 Å². The van der Waals surface area contributed by atoms with E-state index in [-0.39, 0.29) is 12.2 Å². The average molecular weight is 336 g/mol. The van der Waals surface area contributed by atoms with E-state index in [4.69, 9.17) is 9.84 Å². The fourth-order valence-electron chi connectivity index (χ4n) is 1.00. The van der Waals surface area contributed by atoms with E-state index in [2.05, 4.69) is 22.6 Å². The summed E-state index contributed by atoms with van der Waals surface area (Å²) in [6.07, 6.45) is 0. The van der Waals surface area contributed by atoms with Crippen LogP contribution in [0.2, 0.25) is 0 Å². The lowest BCUT2D eigenvalue weighted by molar-refractivity contribution is 0.0281. The molecule has 5 heteroatoms. The van der Waals surface area contributed by atoms with Crippen LogP contribution in [0.4, 0.5) is 0 Å². The van der Waals surface area contributed by atoms with E-state index in [0.717, 1.165) is 3.57 Å². The van der Waals surface area contributed by atoms with E-state index < -0.39 is 11.6 Å². The highest BCUT2D eigenvalue weighted by atomic mass is 127. The molecule has 0 radical (unpaired) electrons. The molecule has 0 spiro atoms. The largest absolute Gasteiger partial charge is 0.489 e. The lowest BCUT2D eigenvalue weighted by atomic mass is 10.1. The minimum absolute atomic E-state index is 0.117. The van der Waals surface area contributed by atoms with Crippen molar-refractivity contribution in [1.29, 1.82) is 0 Å². The Bertz CT molecular complexity index is 395. The van der Waals surface area contributed by atoms with Crippen molar-refractivity contribution in [3.63, 3.8) is 0 Å². The van der Waals surface area contributed by atoms with Crippen molar-refractivity contribution in [3.05, 3.63) is 27.3 Å². The minimum atomic E-state index is -0.996. The molecule has 0 fully saturated rings. The van der Waals surface area contributed by atoms with E-state index in [1.807, 2.05) is 0 Å². The molecule has 0 saturated heterocycles. The number of aliphatic hydroxyl groups is 1. The Morgan fingerprint density at radius 2 is 2.12 bits per heavy atom. The van der Waals surface area contributed by atoms with Crippen LogP contribution in [0, 0.1) is 3.57 Å². The lowest BCUT2D eigenvalue weighted by Gasteiger charge is -2.18. The SMILES string of the molecule is CC(C)(O)COc1cc(C(=O)O)ccc1I. The van der Waals surface area contributed by atoms with Gasteiger partial charge >= 0.3 is 5.97 Å². The van der Waals surface area contributed by atoms with Crippen LogP contribution >= 0.6 is 22.6 Å². The Balaban J connectivity index is 2.86. The molecular weight excluding hydrogens is 323 g/mol. The van der Waals surface area contributed by atoms with Gasteiger partial charge in [-0.3, -0.25) is 0 Å². The molecule has 0 amide bonds. The summed E-state index contributed by atoms with van der Waals surface area (Å²) < 4.78 is 6.18. The fraction of sp³-hybridized carbons (Fsp3) is 0.364. The molecular formula is C11H13IO4. The summed E-state index contributed by atoms with van der Waals surface area (Å²) in [5.41, 5.74) is -0.770. The average Bonchev–Trinajstić information content (AvgIpc) is 2.14. The maximum Gasteiger partial charge on any atom is 0.335 e. The highest BCUT2D eigenvalue weighted by Crippen LogP contribution is 2.23. The summed E-state index contributed by atoms with van der Waals surface area (Å²) in [5.74, 6) is -0.521. The maximum absolute atomic E-state index is 10.8. The zero-order valence-corrected chi connectivity index (χ0v) is 11.2. The molecule has 4 nitrogen and oxygen atoms in total. The Labute approximate surface area is 107 Å². The molecule has 88 valence electrons. The molecule has 0 aliphatic carbocycles. The number of carboxylic acids is 1. The minimum Gasteiger partial charge on any atom is -0.489 e. The molecule has 0 aromatic heterocycles. The third kappa shape index (κ3) is 3.97. The Hall–Kier alpha value is -0.820. The van der Waals surface area contributed by atoms with Crippen LogP contribution < -0.4 is 4.74 Å². The number of carbonyl (C=O) groups is 1. The summed E-state index contributed by atoms with van der Waals surface area (Å²) in [6.45, 7) is 3.37. The lowest BCUT2D eigenvalue weighted by Crippen LogP contribution is -2.28. The second-order valence-corrected chi connectivity index (χ2v) is 5.21. The summed E-state index contributed by atoms with van der Waals surface area (Å²) >= 11 is 2.05. The van der Waals surface area contributed by atoms with E-state index in [1.54, 1.807) is 19.9 Å². The van der Waals surface area contributed by atoms with Gasteiger partial charge in [0.1, 0.15) is 12.4 Å². The van der Waals surface area contributed by atoms with Gasteiger partial charge in [0.2, 0.25) is 0 Å². The smallest absolute Gasteiger partial charge is 0.335 e. The molecule has 2 N–H and O–H groups in total. The molecule has 1 rings (SSSR count). The zero-order valence-electron chi connectivity index (χ0n) is 9.03. The Morgan fingerprint density at radius 1 is 1.50 bits per heavy atom. The number of benzene rings is 1. The molecule has 1 aromatic carbocycles. The number of hydrogen-bond acceptors (Lipinski definition) is 3. The van der Waals surface area contributed by atoms with E-state index >= 15 is 0 Å². The van der Waals surface area contributed by atoms with Crippen LogP contribution in [0.1, 0.15) is 24.2 Å². The van der Waals surface area contributed by atoms with Gasteiger partial charge in [0.25, 0.3) is 0 Å². The summed E-state index contributed by atoms with van der Waals surface area (Å²) in [5, 5.41) is 18.3. The molecule has 0 atom stereocenters. The van der Waals surface area contributed by atoms with Gasteiger partial charge in [-0.15, -0.1) is 0 Å². The number of hydrogen-bond donors (Lipinski definition) is 2. The Kier molecular flexibility index (Phi) is 4.15. The number of carboxylic acid groups (broad SMARTS) is 1. The van der Waals surface area contributed by atoms with E-state index in [0.29, 0.717) is 5.75 Å². The van der Waals surface area contributed by atoms with Crippen molar-refractivity contribution in [2.75, 3.05) is 6.61 Å². The van der Waals surface area contributed by atoms with Gasteiger partial charge in [-0.05, 0) is 54.6 Å². The van der Waals surface area contributed by atoms with Gasteiger partial charge < -0.3 is 14.9 Å². The van der Waals surface area contributed by atoms with Crippen LogP contribution in [0.3, 0.4) is 0 Å². The second kappa shape index (κ2) is 5.01. The van der Waals surface area contributed by atoms with Crippen LogP contribution in [0.5, 0.6) is 5.75 Å². The summed E-state index contributed by atoms with van der Waals surface area (Å²) in [4.78, 5) is 10.8. The highest BCUT2D eigenvalue weighted by Gasteiger charge is 2.15. The maximum atomic E-state index is 10.8. The van der Waals surface area contributed by atoms with Crippen LogP contribution in [-0.2, 0) is 0 Å². The first-order valence-corrected chi connectivity index (χ1v) is 5.75. The summed E-state index contributed by atoms with van der Waals surface area (Å²) in [7, 11) is 0. The molecule has 0 heterocycles. The van der Waals surface area contributed by atoms with Gasteiger partial charge in [-0.1, -0.05) is 0 Å². The molecule has 0 bridgehead atoms. The van der Waals surface area contributed by atoms with Crippen molar-refractivity contribution in [2.45, 2.75) is 19.4 Å². The highest BCUT2D eigenvalue weighted by molar-refractivity contribution is 14.1. The second-order valence-electron chi connectivity index (χ2n) is 4.05. The van der Waals surface area contributed by atoms with E-state index in [1.165, 1.54) is 12.1 Å². The first-order chi connectivity index (χ1) is 7.29. The first-order valence-electron chi connectivity index (χ1n) is 4.67. The van der Waals surface area contributed by atoms with Crippen molar-refractivity contribution in [3.8, 4) is 5.75 Å². The molecule has 0 unspecified atom stereocenters. The zero-order chi connectivity index (χ0) is 12.3.